The molecule has 1 aromatic rings. The van der Waals surface area contributed by atoms with E-state index in [0.717, 1.165) is 19.6 Å². The Morgan fingerprint density at radius 3 is 2.78 bits per heavy atom. The third kappa shape index (κ3) is 3.58. The van der Waals surface area contributed by atoms with Crippen LogP contribution in [0.1, 0.15) is 25.0 Å². The van der Waals surface area contributed by atoms with Gasteiger partial charge in [0.1, 0.15) is 18.6 Å². The van der Waals surface area contributed by atoms with Gasteiger partial charge < -0.3 is 14.9 Å². The average molecular weight is 252 g/mol. The van der Waals surface area contributed by atoms with E-state index in [4.69, 9.17) is 14.9 Å². The van der Waals surface area contributed by atoms with Crippen LogP contribution < -0.4 is 15.9 Å². The van der Waals surface area contributed by atoms with Crippen molar-refractivity contribution in [2.24, 2.45) is 5.73 Å². The van der Waals surface area contributed by atoms with Crippen molar-refractivity contribution in [3.05, 3.63) is 28.3 Å². The number of nitrogens with two attached hydrogens (primary N) is 1. The SMILES string of the molecule is NCc1cc(=O)c(OCCN2CCCCC2)co1. The van der Waals surface area contributed by atoms with E-state index >= 15 is 0 Å². The van der Waals surface area contributed by atoms with Gasteiger partial charge in [0.15, 0.2) is 0 Å². The summed E-state index contributed by atoms with van der Waals surface area (Å²) in [5.41, 5.74) is 5.22. The molecular weight excluding hydrogens is 232 g/mol. The second-order valence-corrected chi connectivity index (χ2v) is 4.53. The van der Waals surface area contributed by atoms with E-state index in [0.29, 0.717) is 12.4 Å². The van der Waals surface area contributed by atoms with E-state index in [1.165, 1.54) is 31.6 Å². The number of likely N-dealkylation sites (tertiary alicyclic amines) is 1. The minimum absolute atomic E-state index is 0.166. The molecule has 5 heteroatoms. The van der Waals surface area contributed by atoms with Crippen molar-refractivity contribution < 1.29 is 9.15 Å². The fraction of sp³-hybridized carbons (Fsp3) is 0.615. The van der Waals surface area contributed by atoms with Crippen LogP contribution in [0.15, 0.2) is 21.5 Å². The average Bonchev–Trinajstić information content (AvgIpc) is 2.42. The van der Waals surface area contributed by atoms with Crippen molar-refractivity contribution in [3.8, 4) is 5.75 Å². The largest absolute Gasteiger partial charge is 0.485 e. The molecule has 0 atom stereocenters. The van der Waals surface area contributed by atoms with E-state index in [1.54, 1.807) is 0 Å². The standard InChI is InChI=1S/C13H20N2O3/c14-9-11-8-12(16)13(10-18-11)17-7-6-15-4-2-1-3-5-15/h8,10H,1-7,9,14H2. The molecule has 1 aliphatic rings. The molecular formula is C13H20N2O3. The summed E-state index contributed by atoms with van der Waals surface area (Å²) in [6.45, 7) is 3.86. The second kappa shape index (κ2) is 6.56. The van der Waals surface area contributed by atoms with Crippen LogP contribution in [0.5, 0.6) is 5.75 Å². The summed E-state index contributed by atoms with van der Waals surface area (Å²) in [7, 11) is 0. The number of piperidine rings is 1. The number of hydrogen-bond acceptors (Lipinski definition) is 5. The quantitative estimate of drug-likeness (QED) is 0.845. The van der Waals surface area contributed by atoms with Gasteiger partial charge in [-0.2, -0.15) is 0 Å². The van der Waals surface area contributed by atoms with Crippen LogP contribution in [-0.4, -0.2) is 31.1 Å². The zero-order valence-electron chi connectivity index (χ0n) is 10.6. The van der Waals surface area contributed by atoms with Crippen LogP contribution in [0.25, 0.3) is 0 Å². The second-order valence-electron chi connectivity index (χ2n) is 4.53. The lowest BCUT2D eigenvalue weighted by atomic mass is 10.1. The Bertz CT molecular complexity index is 424. The van der Waals surface area contributed by atoms with E-state index in [9.17, 15) is 4.79 Å². The van der Waals surface area contributed by atoms with Gasteiger partial charge in [-0.1, -0.05) is 6.42 Å². The van der Waals surface area contributed by atoms with Gasteiger partial charge in [-0.3, -0.25) is 9.69 Å². The summed E-state index contributed by atoms with van der Waals surface area (Å²) in [6, 6.07) is 1.39. The molecule has 0 radical (unpaired) electrons. The first-order chi connectivity index (χ1) is 8.79. The number of hydrogen-bond donors (Lipinski definition) is 1. The Balaban J connectivity index is 1.80. The summed E-state index contributed by atoms with van der Waals surface area (Å²) in [4.78, 5) is 14.0. The van der Waals surface area contributed by atoms with Crippen LogP contribution in [0.4, 0.5) is 0 Å². The predicted octanol–water partition coefficient (Wildman–Crippen LogP) is 0.963. The zero-order valence-corrected chi connectivity index (χ0v) is 10.6. The predicted molar refractivity (Wildman–Crippen MR) is 68.7 cm³/mol. The topological polar surface area (TPSA) is 68.7 Å². The molecule has 0 aliphatic carbocycles. The minimum atomic E-state index is -0.166. The molecule has 100 valence electrons. The normalized spacial score (nSPS) is 16.7. The van der Waals surface area contributed by atoms with Gasteiger partial charge in [0.2, 0.25) is 11.2 Å². The summed E-state index contributed by atoms with van der Waals surface area (Å²) >= 11 is 0. The van der Waals surface area contributed by atoms with Gasteiger partial charge >= 0.3 is 0 Å². The lowest BCUT2D eigenvalue weighted by Gasteiger charge is -2.25. The summed E-state index contributed by atoms with van der Waals surface area (Å²) in [5, 5.41) is 0. The third-order valence-corrected chi connectivity index (χ3v) is 3.17. The lowest BCUT2D eigenvalue weighted by molar-refractivity contribution is 0.180. The molecule has 2 heterocycles. The first-order valence-electron chi connectivity index (χ1n) is 6.46. The number of rotatable bonds is 5. The van der Waals surface area contributed by atoms with Crippen molar-refractivity contribution in [3.63, 3.8) is 0 Å². The molecule has 2 N–H and O–H groups in total. The highest BCUT2D eigenvalue weighted by atomic mass is 16.5. The molecule has 0 aromatic carbocycles. The first-order valence-corrected chi connectivity index (χ1v) is 6.46. The highest BCUT2D eigenvalue weighted by Gasteiger charge is 2.10. The van der Waals surface area contributed by atoms with E-state index < -0.39 is 0 Å². The Morgan fingerprint density at radius 1 is 1.33 bits per heavy atom. The van der Waals surface area contributed by atoms with Crippen molar-refractivity contribution in [2.45, 2.75) is 25.8 Å². The Morgan fingerprint density at radius 2 is 2.11 bits per heavy atom. The Hall–Kier alpha value is -1.33. The molecule has 5 nitrogen and oxygen atoms in total. The van der Waals surface area contributed by atoms with Gasteiger partial charge in [-0.05, 0) is 25.9 Å². The van der Waals surface area contributed by atoms with Crippen molar-refractivity contribution >= 4 is 0 Å². The smallest absolute Gasteiger partial charge is 0.227 e. The fourth-order valence-corrected chi connectivity index (χ4v) is 2.12. The minimum Gasteiger partial charge on any atom is -0.485 e. The van der Waals surface area contributed by atoms with E-state index in [1.807, 2.05) is 0 Å². The molecule has 1 saturated heterocycles. The monoisotopic (exact) mass is 252 g/mol. The van der Waals surface area contributed by atoms with Gasteiger partial charge in [0, 0.05) is 12.6 Å². The lowest BCUT2D eigenvalue weighted by Crippen LogP contribution is -2.33. The number of nitrogens with zero attached hydrogens (tertiary/aromatic N) is 1. The maximum atomic E-state index is 11.6. The Kier molecular flexibility index (Phi) is 4.78. The van der Waals surface area contributed by atoms with E-state index in [2.05, 4.69) is 4.90 Å². The molecule has 1 aliphatic heterocycles. The molecule has 0 saturated carbocycles. The van der Waals surface area contributed by atoms with Gasteiger partial charge in [0.05, 0.1) is 6.54 Å². The third-order valence-electron chi connectivity index (χ3n) is 3.17. The molecule has 0 amide bonds. The van der Waals surface area contributed by atoms with Crippen LogP contribution >= 0.6 is 0 Å². The van der Waals surface area contributed by atoms with Crippen molar-refractivity contribution in [1.29, 1.82) is 0 Å². The molecule has 2 rings (SSSR count). The maximum absolute atomic E-state index is 11.6. The van der Waals surface area contributed by atoms with Gasteiger partial charge in [0.25, 0.3) is 0 Å². The summed E-state index contributed by atoms with van der Waals surface area (Å²) in [6.07, 6.45) is 5.18. The summed E-state index contributed by atoms with van der Waals surface area (Å²) in [5.74, 6) is 0.743. The fourth-order valence-electron chi connectivity index (χ4n) is 2.12. The molecule has 0 spiro atoms. The first kappa shape index (κ1) is 13.1. The number of ether oxygens (including phenoxy) is 1. The molecule has 0 unspecified atom stereocenters. The highest BCUT2D eigenvalue weighted by Crippen LogP contribution is 2.09. The zero-order chi connectivity index (χ0) is 12.8. The Labute approximate surface area is 107 Å². The van der Waals surface area contributed by atoms with E-state index in [-0.39, 0.29) is 17.7 Å². The van der Waals surface area contributed by atoms with Gasteiger partial charge in [-0.25, -0.2) is 0 Å². The summed E-state index contributed by atoms with van der Waals surface area (Å²) < 4.78 is 10.6. The van der Waals surface area contributed by atoms with Crippen molar-refractivity contribution in [1.82, 2.24) is 4.90 Å². The molecule has 18 heavy (non-hydrogen) atoms. The highest BCUT2D eigenvalue weighted by molar-refractivity contribution is 5.17. The molecule has 1 fully saturated rings. The van der Waals surface area contributed by atoms with Gasteiger partial charge in [-0.15, -0.1) is 0 Å². The van der Waals surface area contributed by atoms with Crippen molar-refractivity contribution in [2.75, 3.05) is 26.2 Å². The maximum Gasteiger partial charge on any atom is 0.227 e. The van der Waals surface area contributed by atoms with Crippen LogP contribution in [-0.2, 0) is 6.54 Å². The molecule has 0 bridgehead atoms. The van der Waals surface area contributed by atoms with Crippen LogP contribution in [0, 0.1) is 0 Å². The molecule has 1 aromatic heterocycles. The van der Waals surface area contributed by atoms with Crippen LogP contribution in [0.3, 0.4) is 0 Å². The van der Waals surface area contributed by atoms with Crippen LogP contribution in [0.2, 0.25) is 0 Å².